The van der Waals surface area contributed by atoms with Crippen molar-refractivity contribution < 1.29 is 4.57 Å². The van der Waals surface area contributed by atoms with Gasteiger partial charge in [0, 0.05) is 5.69 Å². The Balaban J connectivity index is 3.15. The predicted octanol–water partition coefficient (Wildman–Crippen LogP) is 1.19. The Kier molecular flexibility index (Phi) is 1.81. The van der Waals surface area contributed by atoms with Gasteiger partial charge in [0.15, 0.2) is 8.46 Å². The van der Waals surface area contributed by atoms with Crippen molar-refractivity contribution in [3.63, 3.8) is 0 Å². The molecule has 0 amide bonds. The van der Waals surface area contributed by atoms with Crippen LogP contribution in [-0.2, 0) is 4.57 Å². The maximum Gasteiger partial charge on any atom is 0.194 e. The standard InChI is InChI=1S/C6H6NOP/c7-5-3-1-2-4-6(5)9-8/h1-4H,7H2. The Hall–Kier alpha value is -0.880. The normalized spacial score (nSPS) is 9.78. The number of benzene rings is 1. The van der Waals surface area contributed by atoms with E-state index in [-0.39, 0.29) is 8.46 Å². The molecule has 0 unspecified atom stereocenters. The smallest absolute Gasteiger partial charge is 0.194 e. The van der Waals surface area contributed by atoms with Gasteiger partial charge in [-0.3, -0.25) is 4.57 Å². The van der Waals surface area contributed by atoms with Crippen LogP contribution in [0, 0.1) is 0 Å². The van der Waals surface area contributed by atoms with E-state index < -0.39 is 0 Å². The van der Waals surface area contributed by atoms with Crippen molar-refractivity contribution in [2.45, 2.75) is 0 Å². The van der Waals surface area contributed by atoms with E-state index in [1.54, 1.807) is 18.2 Å². The molecule has 0 aromatic heterocycles. The average molecular weight is 139 g/mol. The zero-order chi connectivity index (χ0) is 6.69. The highest BCUT2D eigenvalue weighted by Gasteiger charge is 1.92. The van der Waals surface area contributed by atoms with Crippen LogP contribution < -0.4 is 11.0 Å². The molecule has 1 aromatic carbocycles. The summed E-state index contributed by atoms with van der Waals surface area (Å²) in [6.07, 6.45) is 0. The summed E-state index contributed by atoms with van der Waals surface area (Å²) in [6, 6.07) is 7.06. The highest BCUT2D eigenvalue weighted by Crippen LogP contribution is 2.03. The molecule has 0 aliphatic rings. The van der Waals surface area contributed by atoms with Gasteiger partial charge in [0.1, 0.15) is 0 Å². The molecular weight excluding hydrogens is 133 g/mol. The summed E-state index contributed by atoms with van der Waals surface area (Å²) in [4.78, 5) is 0. The lowest BCUT2D eigenvalue weighted by Crippen LogP contribution is -1.99. The highest BCUT2D eigenvalue weighted by atomic mass is 31.1. The highest BCUT2D eigenvalue weighted by molar-refractivity contribution is 7.34. The van der Waals surface area contributed by atoms with Gasteiger partial charge in [-0.05, 0) is 12.1 Å². The van der Waals surface area contributed by atoms with E-state index in [1.165, 1.54) is 0 Å². The van der Waals surface area contributed by atoms with Crippen molar-refractivity contribution in [2.75, 3.05) is 5.73 Å². The monoisotopic (exact) mass is 139 g/mol. The molecule has 0 saturated heterocycles. The summed E-state index contributed by atoms with van der Waals surface area (Å²) in [5.74, 6) is 0. The number of nitrogens with two attached hydrogens (primary N) is 1. The van der Waals surface area contributed by atoms with Crippen molar-refractivity contribution in [2.24, 2.45) is 0 Å². The summed E-state index contributed by atoms with van der Waals surface area (Å²) in [5, 5.41) is 0.650. The Bertz CT molecular complexity index is 224. The third-order valence-corrected chi connectivity index (χ3v) is 1.64. The number of anilines is 1. The summed E-state index contributed by atoms with van der Waals surface area (Å²) < 4.78 is 10.2. The Morgan fingerprint density at radius 3 is 2.44 bits per heavy atom. The van der Waals surface area contributed by atoms with Gasteiger partial charge in [-0.1, -0.05) is 12.1 Å². The molecular formula is C6H6NOP. The van der Waals surface area contributed by atoms with Crippen LogP contribution in [0.3, 0.4) is 0 Å². The largest absolute Gasteiger partial charge is 0.398 e. The van der Waals surface area contributed by atoms with Gasteiger partial charge in [-0.15, -0.1) is 0 Å². The quantitative estimate of drug-likeness (QED) is 0.469. The fourth-order valence-corrected chi connectivity index (χ4v) is 0.898. The molecule has 2 N–H and O–H groups in total. The zero-order valence-corrected chi connectivity index (χ0v) is 5.64. The summed E-state index contributed by atoms with van der Waals surface area (Å²) >= 11 is 0. The molecule has 0 radical (unpaired) electrons. The molecule has 3 heteroatoms. The van der Waals surface area contributed by atoms with Crippen molar-refractivity contribution in [1.29, 1.82) is 0 Å². The molecule has 0 fully saturated rings. The van der Waals surface area contributed by atoms with Gasteiger partial charge >= 0.3 is 0 Å². The molecule has 2 nitrogen and oxygen atoms in total. The first-order valence-corrected chi connectivity index (χ1v) is 3.33. The SMILES string of the molecule is Nc1ccccc1P=O. The van der Waals surface area contributed by atoms with Crippen molar-refractivity contribution in [3.8, 4) is 0 Å². The first kappa shape index (κ1) is 6.24. The molecule has 0 heterocycles. The Labute approximate surface area is 54.9 Å². The third kappa shape index (κ3) is 1.27. The van der Waals surface area contributed by atoms with Crippen molar-refractivity contribution >= 4 is 19.5 Å². The average Bonchev–Trinajstić information content (AvgIpc) is 1.89. The molecule has 9 heavy (non-hydrogen) atoms. The second-order valence-corrected chi connectivity index (χ2v) is 2.31. The van der Waals surface area contributed by atoms with E-state index >= 15 is 0 Å². The van der Waals surface area contributed by atoms with E-state index in [0.717, 1.165) is 0 Å². The van der Waals surface area contributed by atoms with Crippen molar-refractivity contribution in [3.05, 3.63) is 24.3 Å². The minimum Gasteiger partial charge on any atom is -0.398 e. The van der Waals surface area contributed by atoms with Crippen molar-refractivity contribution in [1.82, 2.24) is 0 Å². The summed E-state index contributed by atoms with van der Waals surface area (Å²) in [7, 11) is -0.0129. The number of para-hydroxylation sites is 1. The predicted molar refractivity (Wildman–Crippen MR) is 38.1 cm³/mol. The molecule has 0 spiro atoms. The number of hydrogen-bond donors (Lipinski definition) is 1. The molecule has 0 atom stereocenters. The van der Waals surface area contributed by atoms with Crippen LogP contribution in [0.5, 0.6) is 0 Å². The van der Waals surface area contributed by atoms with E-state index in [2.05, 4.69) is 0 Å². The lowest BCUT2D eigenvalue weighted by Gasteiger charge is -1.91. The number of hydrogen-bond acceptors (Lipinski definition) is 2. The van der Waals surface area contributed by atoms with Crippen LogP contribution in [0.2, 0.25) is 0 Å². The fourth-order valence-electron chi connectivity index (χ4n) is 0.571. The first-order valence-electron chi connectivity index (χ1n) is 2.52. The molecule has 46 valence electrons. The van der Waals surface area contributed by atoms with Gasteiger partial charge in [-0.2, -0.15) is 0 Å². The minimum absolute atomic E-state index is 0.0129. The van der Waals surface area contributed by atoms with E-state index in [0.29, 0.717) is 11.0 Å². The lowest BCUT2D eigenvalue weighted by molar-refractivity contribution is 0.603. The minimum atomic E-state index is -0.0129. The molecule has 1 rings (SSSR count). The third-order valence-electron chi connectivity index (χ3n) is 1.04. The maximum atomic E-state index is 10.2. The van der Waals surface area contributed by atoms with Crippen LogP contribution in [0.1, 0.15) is 0 Å². The fraction of sp³-hybridized carbons (Fsp3) is 0. The lowest BCUT2D eigenvalue weighted by atomic mass is 10.3. The molecule has 0 bridgehead atoms. The topological polar surface area (TPSA) is 43.1 Å². The zero-order valence-electron chi connectivity index (χ0n) is 4.74. The molecule has 0 saturated carbocycles. The summed E-state index contributed by atoms with van der Waals surface area (Å²) in [6.45, 7) is 0. The number of nitrogen functional groups attached to an aromatic ring is 1. The van der Waals surface area contributed by atoms with Crippen LogP contribution in [0.25, 0.3) is 0 Å². The molecule has 0 aliphatic carbocycles. The second kappa shape index (κ2) is 2.60. The van der Waals surface area contributed by atoms with E-state index in [4.69, 9.17) is 5.73 Å². The summed E-state index contributed by atoms with van der Waals surface area (Å²) in [5.41, 5.74) is 6.00. The molecule has 1 aromatic rings. The van der Waals surface area contributed by atoms with E-state index in [9.17, 15) is 4.57 Å². The number of rotatable bonds is 1. The Morgan fingerprint density at radius 1 is 1.33 bits per heavy atom. The Morgan fingerprint density at radius 2 is 2.00 bits per heavy atom. The van der Waals surface area contributed by atoms with Crippen LogP contribution in [0.15, 0.2) is 24.3 Å². The van der Waals surface area contributed by atoms with Crippen LogP contribution in [0.4, 0.5) is 5.69 Å². The van der Waals surface area contributed by atoms with E-state index in [1.807, 2.05) is 6.07 Å². The van der Waals surface area contributed by atoms with Gasteiger partial charge in [0.05, 0.1) is 5.30 Å². The van der Waals surface area contributed by atoms with Gasteiger partial charge < -0.3 is 5.73 Å². The second-order valence-electron chi connectivity index (χ2n) is 1.65. The van der Waals surface area contributed by atoms with Gasteiger partial charge in [0.2, 0.25) is 0 Å². The van der Waals surface area contributed by atoms with Crippen LogP contribution >= 0.6 is 8.46 Å². The maximum absolute atomic E-state index is 10.2. The van der Waals surface area contributed by atoms with Gasteiger partial charge in [-0.25, -0.2) is 0 Å². The van der Waals surface area contributed by atoms with Crippen LogP contribution in [-0.4, -0.2) is 0 Å². The first-order chi connectivity index (χ1) is 4.34. The van der Waals surface area contributed by atoms with Gasteiger partial charge in [0.25, 0.3) is 0 Å². The molecule has 0 aliphatic heterocycles.